The van der Waals surface area contributed by atoms with Gasteiger partial charge in [0, 0.05) is 29.1 Å². The van der Waals surface area contributed by atoms with Crippen molar-refractivity contribution in [2.75, 3.05) is 5.32 Å². The van der Waals surface area contributed by atoms with E-state index in [0.717, 1.165) is 53.1 Å². The van der Waals surface area contributed by atoms with Crippen LogP contribution < -0.4 is 5.32 Å². The van der Waals surface area contributed by atoms with Gasteiger partial charge < -0.3 is 15.1 Å². The van der Waals surface area contributed by atoms with E-state index in [2.05, 4.69) is 34.1 Å². The number of carbonyl (C=O) groups is 1. The molecule has 0 spiro atoms. The summed E-state index contributed by atoms with van der Waals surface area (Å²) < 4.78 is 0. The molecule has 2 heterocycles. The molecule has 1 aliphatic carbocycles. The van der Waals surface area contributed by atoms with E-state index in [0.29, 0.717) is 0 Å². The molecule has 0 amide bonds. The van der Waals surface area contributed by atoms with Crippen LogP contribution in [0.3, 0.4) is 0 Å². The van der Waals surface area contributed by atoms with Gasteiger partial charge in [0.1, 0.15) is 12.6 Å². The number of aromatic nitrogens is 3. The number of aldehydes is 1. The Morgan fingerprint density at radius 2 is 2.04 bits per heavy atom. The standard InChI is InChI=1S/C21H22N4O/c1-21(2)10-14(12-26)18-17(11-21)25-19(16-8-9-22-13-23-16)20(18)24-15-6-4-3-5-7-15/h3-9,12-14,24-25H,10-11H2,1-2H3. The molecule has 1 aliphatic rings. The Kier molecular flexibility index (Phi) is 4.07. The summed E-state index contributed by atoms with van der Waals surface area (Å²) in [5.41, 5.74) is 5.91. The van der Waals surface area contributed by atoms with Gasteiger partial charge in [-0.3, -0.25) is 0 Å². The summed E-state index contributed by atoms with van der Waals surface area (Å²) >= 11 is 0. The van der Waals surface area contributed by atoms with E-state index in [1.807, 2.05) is 36.4 Å². The molecule has 4 rings (SSSR count). The molecular formula is C21H22N4O. The molecular weight excluding hydrogens is 324 g/mol. The molecule has 0 radical (unpaired) electrons. The Morgan fingerprint density at radius 3 is 2.73 bits per heavy atom. The lowest BCUT2D eigenvalue weighted by Crippen LogP contribution is -2.26. The Bertz CT molecular complexity index is 916. The van der Waals surface area contributed by atoms with Crippen LogP contribution in [0.5, 0.6) is 0 Å². The number of hydrogen-bond acceptors (Lipinski definition) is 4. The van der Waals surface area contributed by atoms with Crippen LogP contribution in [-0.4, -0.2) is 21.2 Å². The van der Waals surface area contributed by atoms with Gasteiger partial charge in [-0.1, -0.05) is 32.0 Å². The SMILES string of the molecule is CC1(C)Cc2[nH]c(-c3ccncn3)c(Nc3ccccc3)c2C(C=O)C1. The average Bonchev–Trinajstić information content (AvgIpc) is 2.99. The third kappa shape index (κ3) is 3.01. The summed E-state index contributed by atoms with van der Waals surface area (Å²) in [5.74, 6) is -0.133. The van der Waals surface area contributed by atoms with Crippen molar-refractivity contribution >= 4 is 17.7 Å². The van der Waals surface area contributed by atoms with Gasteiger partial charge >= 0.3 is 0 Å². The van der Waals surface area contributed by atoms with Crippen LogP contribution in [0.4, 0.5) is 11.4 Å². The van der Waals surface area contributed by atoms with Crippen LogP contribution in [0, 0.1) is 5.41 Å². The lowest BCUT2D eigenvalue weighted by Gasteiger charge is -2.33. The van der Waals surface area contributed by atoms with Crippen molar-refractivity contribution in [1.82, 2.24) is 15.0 Å². The average molecular weight is 346 g/mol. The molecule has 0 bridgehead atoms. The van der Waals surface area contributed by atoms with Crippen LogP contribution in [0.15, 0.2) is 48.9 Å². The van der Waals surface area contributed by atoms with Gasteiger partial charge in [0.15, 0.2) is 0 Å². The Balaban J connectivity index is 1.89. The van der Waals surface area contributed by atoms with E-state index in [-0.39, 0.29) is 11.3 Å². The lowest BCUT2D eigenvalue weighted by atomic mass is 9.71. The maximum absolute atomic E-state index is 11.9. The van der Waals surface area contributed by atoms with Gasteiger partial charge in [0.2, 0.25) is 0 Å². The number of anilines is 2. The number of nitrogens with zero attached hydrogens (tertiary/aromatic N) is 2. The van der Waals surface area contributed by atoms with Crippen molar-refractivity contribution in [2.45, 2.75) is 32.6 Å². The second-order valence-electron chi connectivity index (χ2n) is 7.64. The van der Waals surface area contributed by atoms with Crippen LogP contribution in [-0.2, 0) is 11.2 Å². The number of para-hydroxylation sites is 1. The molecule has 2 N–H and O–H groups in total. The monoisotopic (exact) mass is 346 g/mol. The predicted molar refractivity (Wildman–Crippen MR) is 102 cm³/mol. The molecule has 1 aromatic carbocycles. The van der Waals surface area contributed by atoms with Crippen molar-refractivity contribution in [3.63, 3.8) is 0 Å². The normalized spacial score (nSPS) is 18.2. The van der Waals surface area contributed by atoms with E-state index in [1.54, 1.807) is 12.5 Å². The zero-order valence-corrected chi connectivity index (χ0v) is 15.0. The maximum atomic E-state index is 11.9. The van der Waals surface area contributed by atoms with Gasteiger partial charge in [0.05, 0.1) is 17.1 Å². The fraction of sp³-hybridized carbons (Fsp3) is 0.286. The van der Waals surface area contributed by atoms with Crippen LogP contribution in [0.1, 0.15) is 37.4 Å². The van der Waals surface area contributed by atoms with Gasteiger partial charge in [-0.2, -0.15) is 0 Å². The van der Waals surface area contributed by atoms with Crippen LogP contribution in [0.25, 0.3) is 11.4 Å². The van der Waals surface area contributed by atoms with Crippen molar-refractivity contribution in [3.8, 4) is 11.4 Å². The molecule has 0 saturated carbocycles. The lowest BCUT2D eigenvalue weighted by molar-refractivity contribution is -0.109. The second-order valence-corrected chi connectivity index (χ2v) is 7.64. The van der Waals surface area contributed by atoms with Crippen molar-refractivity contribution in [2.24, 2.45) is 5.41 Å². The third-order valence-corrected chi connectivity index (χ3v) is 4.96. The Labute approximate surface area is 152 Å². The molecule has 0 saturated heterocycles. The largest absolute Gasteiger partial charge is 0.355 e. The molecule has 26 heavy (non-hydrogen) atoms. The summed E-state index contributed by atoms with van der Waals surface area (Å²) in [5, 5.41) is 3.52. The van der Waals surface area contributed by atoms with Crippen molar-refractivity contribution < 1.29 is 4.79 Å². The Hall–Kier alpha value is -2.95. The number of fused-ring (bicyclic) bond motifs is 1. The number of H-pyrrole nitrogens is 1. The van der Waals surface area contributed by atoms with Crippen LogP contribution in [0.2, 0.25) is 0 Å². The highest BCUT2D eigenvalue weighted by atomic mass is 16.1. The topological polar surface area (TPSA) is 70.7 Å². The number of aromatic amines is 1. The minimum atomic E-state index is -0.133. The summed E-state index contributed by atoms with van der Waals surface area (Å²) in [6.45, 7) is 4.42. The molecule has 1 unspecified atom stereocenters. The molecule has 2 aromatic heterocycles. The first-order chi connectivity index (χ1) is 12.6. The van der Waals surface area contributed by atoms with Gasteiger partial charge in [-0.15, -0.1) is 0 Å². The minimum Gasteiger partial charge on any atom is -0.355 e. The van der Waals surface area contributed by atoms with E-state index < -0.39 is 0 Å². The van der Waals surface area contributed by atoms with Gasteiger partial charge in [-0.05, 0) is 36.5 Å². The fourth-order valence-electron chi connectivity index (χ4n) is 3.91. The van der Waals surface area contributed by atoms with E-state index >= 15 is 0 Å². The predicted octanol–water partition coefficient (Wildman–Crippen LogP) is 4.47. The van der Waals surface area contributed by atoms with E-state index in [1.165, 1.54) is 0 Å². The number of hydrogen-bond donors (Lipinski definition) is 2. The molecule has 0 aliphatic heterocycles. The quantitative estimate of drug-likeness (QED) is 0.684. The highest BCUT2D eigenvalue weighted by Crippen LogP contribution is 2.47. The molecule has 5 heteroatoms. The summed E-state index contributed by atoms with van der Waals surface area (Å²) in [4.78, 5) is 23.9. The number of benzene rings is 1. The zero-order valence-electron chi connectivity index (χ0n) is 15.0. The minimum absolute atomic E-state index is 0.0798. The first-order valence-electron chi connectivity index (χ1n) is 8.86. The first-order valence-corrected chi connectivity index (χ1v) is 8.86. The molecule has 0 fully saturated rings. The maximum Gasteiger partial charge on any atom is 0.127 e. The van der Waals surface area contributed by atoms with Crippen molar-refractivity contribution in [3.05, 3.63) is 60.2 Å². The second kappa shape index (κ2) is 6.41. The first kappa shape index (κ1) is 16.5. The Morgan fingerprint density at radius 1 is 1.23 bits per heavy atom. The van der Waals surface area contributed by atoms with Gasteiger partial charge in [-0.25, -0.2) is 9.97 Å². The molecule has 5 nitrogen and oxygen atoms in total. The number of rotatable bonds is 4. The van der Waals surface area contributed by atoms with E-state index in [9.17, 15) is 4.79 Å². The number of carbonyl (C=O) groups excluding carboxylic acids is 1. The number of nitrogens with one attached hydrogen (secondary N) is 2. The smallest absolute Gasteiger partial charge is 0.127 e. The van der Waals surface area contributed by atoms with Gasteiger partial charge in [0.25, 0.3) is 0 Å². The molecule has 1 atom stereocenters. The molecule has 3 aromatic rings. The fourth-order valence-corrected chi connectivity index (χ4v) is 3.91. The third-order valence-electron chi connectivity index (χ3n) is 4.96. The highest BCUT2D eigenvalue weighted by molar-refractivity contribution is 5.85. The van der Waals surface area contributed by atoms with E-state index in [4.69, 9.17) is 0 Å². The van der Waals surface area contributed by atoms with Crippen molar-refractivity contribution in [1.29, 1.82) is 0 Å². The summed E-state index contributed by atoms with van der Waals surface area (Å²) in [6.07, 6.45) is 6.10. The summed E-state index contributed by atoms with van der Waals surface area (Å²) in [6, 6.07) is 11.9. The van der Waals surface area contributed by atoms with Crippen LogP contribution >= 0.6 is 0 Å². The molecule has 132 valence electrons. The zero-order chi connectivity index (χ0) is 18.1. The summed E-state index contributed by atoms with van der Waals surface area (Å²) in [7, 11) is 0. The highest BCUT2D eigenvalue weighted by Gasteiger charge is 2.36.